The smallest absolute Gasteiger partial charge is 0.314 e. The summed E-state index contributed by atoms with van der Waals surface area (Å²) in [7, 11) is 0. The molecule has 0 saturated heterocycles. The average Bonchev–Trinajstić information content (AvgIpc) is 2.44. The number of nitrogens with one attached hydrogen (secondary N) is 2. The summed E-state index contributed by atoms with van der Waals surface area (Å²) in [5.41, 5.74) is 6.58. The summed E-state index contributed by atoms with van der Waals surface area (Å²) in [6.07, 6.45) is 2.10. The first-order valence-electron chi connectivity index (χ1n) is 6.71. The van der Waals surface area contributed by atoms with Gasteiger partial charge in [-0.3, -0.25) is 14.4 Å². The van der Waals surface area contributed by atoms with E-state index < -0.39 is 17.1 Å². The van der Waals surface area contributed by atoms with Gasteiger partial charge in [-0.1, -0.05) is 12.5 Å². The molecule has 112 valence electrons. The Hall–Kier alpha value is -2.41. The summed E-state index contributed by atoms with van der Waals surface area (Å²) >= 11 is 0. The maximum Gasteiger partial charge on any atom is 0.314 e. The number of fused-ring (bicyclic) bond motifs is 1. The van der Waals surface area contributed by atoms with E-state index in [4.69, 9.17) is 10.8 Å². The lowest BCUT2D eigenvalue weighted by Crippen LogP contribution is -2.29. The molecule has 1 unspecified atom stereocenters. The van der Waals surface area contributed by atoms with Crippen molar-refractivity contribution in [3.05, 3.63) is 44.5 Å². The maximum absolute atomic E-state index is 11.3. The van der Waals surface area contributed by atoms with Crippen LogP contribution in [0.25, 0.3) is 11.0 Å². The van der Waals surface area contributed by atoms with Crippen LogP contribution in [0.5, 0.6) is 0 Å². The van der Waals surface area contributed by atoms with Crippen LogP contribution in [0.1, 0.15) is 37.3 Å². The fourth-order valence-electron chi connectivity index (χ4n) is 2.17. The summed E-state index contributed by atoms with van der Waals surface area (Å²) in [5, 5.41) is 8.57. The number of carbonyl (C=O) groups is 1. The van der Waals surface area contributed by atoms with E-state index >= 15 is 0 Å². The quantitative estimate of drug-likeness (QED) is 0.463. The highest BCUT2D eigenvalue weighted by Crippen LogP contribution is 2.19. The summed E-state index contributed by atoms with van der Waals surface area (Å²) in [5.74, 6) is -0.809. The third kappa shape index (κ3) is 3.79. The molecule has 0 spiro atoms. The topological polar surface area (TPSA) is 129 Å². The molecular weight excluding hydrogens is 274 g/mol. The maximum atomic E-state index is 11.3. The number of nitrogens with two attached hydrogens (primary N) is 1. The normalized spacial score (nSPS) is 12.4. The van der Waals surface area contributed by atoms with Crippen LogP contribution in [0.4, 0.5) is 0 Å². The molecule has 1 atom stereocenters. The zero-order valence-electron chi connectivity index (χ0n) is 11.4. The Kier molecular flexibility index (Phi) is 4.54. The number of hydrogen-bond acceptors (Lipinski definition) is 4. The van der Waals surface area contributed by atoms with Crippen LogP contribution in [-0.2, 0) is 4.79 Å². The number of carboxylic acid groups (broad SMARTS) is 1. The number of aliphatic carboxylic acids is 1. The van der Waals surface area contributed by atoms with Crippen LogP contribution in [0.3, 0.4) is 0 Å². The molecule has 7 heteroatoms. The molecule has 2 aromatic rings. The lowest BCUT2D eigenvalue weighted by molar-refractivity contribution is -0.137. The molecule has 0 radical (unpaired) electrons. The molecule has 21 heavy (non-hydrogen) atoms. The van der Waals surface area contributed by atoms with Gasteiger partial charge in [0.1, 0.15) is 0 Å². The van der Waals surface area contributed by atoms with E-state index in [1.54, 1.807) is 18.2 Å². The minimum Gasteiger partial charge on any atom is -0.481 e. The van der Waals surface area contributed by atoms with E-state index in [-0.39, 0.29) is 12.5 Å². The first-order valence-corrected chi connectivity index (χ1v) is 6.71. The van der Waals surface area contributed by atoms with Crippen LogP contribution in [0, 0.1) is 0 Å². The van der Waals surface area contributed by atoms with E-state index in [9.17, 15) is 14.4 Å². The molecule has 0 aliphatic heterocycles. The summed E-state index contributed by atoms with van der Waals surface area (Å²) < 4.78 is 0. The van der Waals surface area contributed by atoms with Gasteiger partial charge in [-0.05, 0) is 30.5 Å². The Bertz CT molecular complexity index is 763. The van der Waals surface area contributed by atoms with Crippen molar-refractivity contribution in [3.63, 3.8) is 0 Å². The summed E-state index contributed by atoms with van der Waals surface area (Å²) in [4.78, 5) is 37.9. The highest BCUT2D eigenvalue weighted by molar-refractivity contribution is 5.74. The van der Waals surface area contributed by atoms with Crippen LogP contribution in [-0.4, -0.2) is 21.0 Å². The van der Waals surface area contributed by atoms with Crippen molar-refractivity contribution in [3.8, 4) is 0 Å². The SMILES string of the molecule is NC(CCCCC(=O)O)c1ccc2[nH]c(=O)c(=O)[nH]c2c1. The molecule has 1 aromatic carbocycles. The van der Waals surface area contributed by atoms with Gasteiger partial charge in [0.05, 0.1) is 11.0 Å². The second kappa shape index (κ2) is 6.36. The van der Waals surface area contributed by atoms with Gasteiger partial charge in [0.25, 0.3) is 0 Å². The number of H-pyrrole nitrogens is 2. The molecule has 2 rings (SSSR count). The number of hydrogen-bond donors (Lipinski definition) is 4. The van der Waals surface area contributed by atoms with E-state index in [0.717, 1.165) is 5.56 Å². The molecule has 0 aliphatic rings. The van der Waals surface area contributed by atoms with Gasteiger partial charge in [0, 0.05) is 12.5 Å². The fraction of sp³-hybridized carbons (Fsp3) is 0.357. The molecule has 0 saturated carbocycles. The van der Waals surface area contributed by atoms with E-state index in [1.165, 1.54) is 0 Å². The van der Waals surface area contributed by atoms with Crippen LogP contribution in [0.15, 0.2) is 27.8 Å². The van der Waals surface area contributed by atoms with Crippen molar-refractivity contribution in [1.29, 1.82) is 0 Å². The zero-order valence-corrected chi connectivity index (χ0v) is 11.4. The second-order valence-corrected chi connectivity index (χ2v) is 4.96. The van der Waals surface area contributed by atoms with Crippen LogP contribution < -0.4 is 16.9 Å². The minimum atomic E-state index is -0.809. The van der Waals surface area contributed by atoms with Crippen molar-refractivity contribution in [1.82, 2.24) is 9.97 Å². The predicted molar refractivity (Wildman–Crippen MR) is 78.2 cm³/mol. The Morgan fingerprint density at radius 3 is 2.48 bits per heavy atom. The van der Waals surface area contributed by atoms with Gasteiger partial charge in [-0.2, -0.15) is 0 Å². The number of benzene rings is 1. The number of aromatic nitrogens is 2. The van der Waals surface area contributed by atoms with E-state index in [0.29, 0.717) is 30.3 Å². The molecular formula is C14H17N3O4. The summed E-state index contributed by atoms with van der Waals surface area (Å²) in [6.45, 7) is 0. The van der Waals surface area contributed by atoms with Gasteiger partial charge in [-0.15, -0.1) is 0 Å². The van der Waals surface area contributed by atoms with Crippen molar-refractivity contribution < 1.29 is 9.90 Å². The lowest BCUT2D eigenvalue weighted by Gasteiger charge is -2.12. The molecule has 7 nitrogen and oxygen atoms in total. The largest absolute Gasteiger partial charge is 0.481 e. The molecule has 1 heterocycles. The molecule has 1 aromatic heterocycles. The van der Waals surface area contributed by atoms with Crippen LogP contribution >= 0.6 is 0 Å². The van der Waals surface area contributed by atoms with Crippen molar-refractivity contribution in [2.75, 3.05) is 0 Å². The third-order valence-corrected chi connectivity index (χ3v) is 3.33. The Morgan fingerprint density at radius 2 is 1.81 bits per heavy atom. The molecule has 0 amide bonds. The van der Waals surface area contributed by atoms with Gasteiger partial charge >= 0.3 is 17.1 Å². The van der Waals surface area contributed by atoms with Gasteiger partial charge < -0.3 is 20.8 Å². The minimum absolute atomic E-state index is 0.138. The summed E-state index contributed by atoms with van der Waals surface area (Å²) in [6, 6.07) is 4.98. The van der Waals surface area contributed by atoms with E-state index in [1.807, 2.05) is 0 Å². The van der Waals surface area contributed by atoms with Crippen molar-refractivity contribution >= 4 is 17.0 Å². The van der Waals surface area contributed by atoms with E-state index in [2.05, 4.69) is 9.97 Å². The lowest BCUT2D eigenvalue weighted by atomic mass is 10.0. The Labute approximate surface area is 119 Å². The van der Waals surface area contributed by atoms with Crippen LogP contribution in [0.2, 0.25) is 0 Å². The first kappa shape index (κ1) is 15.0. The monoisotopic (exact) mass is 291 g/mol. The fourth-order valence-corrected chi connectivity index (χ4v) is 2.17. The Balaban J connectivity index is 2.11. The standard InChI is InChI=1S/C14H17N3O4/c15-9(3-1-2-4-12(18)19)8-5-6-10-11(7-8)17-14(21)13(20)16-10/h5-7,9H,1-4,15H2,(H,16,20)(H,17,21)(H,18,19). The predicted octanol–water partition coefficient (Wildman–Crippen LogP) is 0.861. The number of rotatable bonds is 6. The molecule has 5 N–H and O–H groups in total. The number of unbranched alkanes of at least 4 members (excludes halogenated alkanes) is 1. The first-order chi connectivity index (χ1) is 9.97. The molecule has 0 bridgehead atoms. The highest BCUT2D eigenvalue weighted by atomic mass is 16.4. The second-order valence-electron chi connectivity index (χ2n) is 4.96. The van der Waals surface area contributed by atoms with Gasteiger partial charge in [0.2, 0.25) is 0 Å². The zero-order chi connectivity index (χ0) is 15.4. The van der Waals surface area contributed by atoms with Crippen molar-refractivity contribution in [2.45, 2.75) is 31.7 Å². The third-order valence-electron chi connectivity index (χ3n) is 3.33. The van der Waals surface area contributed by atoms with Gasteiger partial charge in [0.15, 0.2) is 0 Å². The number of carboxylic acids is 1. The Morgan fingerprint density at radius 1 is 1.14 bits per heavy atom. The van der Waals surface area contributed by atoms with Gasteiger partial charge in [-0.25, -0.2) is 0 Å². The molecule has 0 fully saturated rings. The number of aromatic amines is 2. The average molecular weight is 291 g/mol. The molecule has 0 aliphatic carbocycles. The van der Waals surface area contributed by atoms with Crippen molar-refractivity contribution in [2.24, 2.45) is 5.73 Å². The highest BCUT2D eigenvalue weighted by Gasteiger charge is 2.08.